The minimum Gasteiger partial charge on any atom is -0.512 e. The number of rotatable bonds is 4. The SMILES string of the molecule is CCOC(=O)/C=C(\O)CC(C)C. The highest BCUT2D eigenvalue weighted by Gasteiger charge is 2.02. The van der Waals surface area contributed by atoms with Gasteiger partial charge >= 0.3 is 5.97 Å². The van der Waals surface area contributed by atoms with Crippen LogP contribution in [-0.2, 0) is 9.53 Å². The summed E-state index contributed by atoms with van der Waals surface area (Å²) in [5, 5.41) is 9.18. The van der Waals surface area contributed by atoms with E-state index in [0.29, 0.717) is 18.9 Å². The zero-order chi connectivity index (χ0) is 9.56. The first kappa shape index (κ1) is 11.0. The van der Waals surface area contributed by atoms with Crippen LogP contribution >= 0.6 is 0 Å². The average molecular weight is 172 g/mol. The Bertz CT molecular complexity index is 171. The van der Waals surface area contributed by atoms with Crippen LogP contribution < -0.4 is 0 Å². The van der Waals surface area contributed by atoms with Gasteiger partial charge in [-0.15, -0.1) is 0 Å². The van der Waals surface area contributed by atoms with E-state index in [4.69, 9.17) is 0 Å². The molecule has 3 nitrogen and oxygen atoms in total. The third-order valence-corrected chi connectivity index (χ3v) is 1.19. The molecule has 0 aliphatic rings. The zero-order valence-electron chi connectivity index (χ0n) is 7.83. The van der Waals surface area contributed by atoms with Gasteiger partial charge in [0.2, 0.25) is 0 Å². The molecule has 0 atom stereocenters. The van der Waals surface area contributed by atoms with E-state index in [1.807, 2.05) is 13.8 Å². The lowest BCUT2D eigenvalue weighted by Crippen LogP contribution is -2.02. The maximum absolute atomic E-state index is 10.8. The van der Waals surface area contributed by atoms with Crippen molar-refractivity contribution in [3.8, 4) is 0 Å². The molecule has 0 aliphatic heterocycles. The molecule has 0 aromatic heterocycles. The van der Waals surface area contributed by atoms with Gasteiger partial charge in [0.05, 0.1) is 18.4 Å². The molecule has 0 saturated carbocycles. The summed E-state index contributed by atoms with van der Waals surface area (Å²) in [6.07, 6.45) is 1.64. The minimum absolute atomic E-state index is 0.0865. The van der Waals surface area contributed by atoms with Gasteiger partial charge in [-0.25, -0.2) is 4.79 Å². The van der Waals surface area contributed by atoms with Gasteiger partial charge in [0.25, 0.3) is 0 Å². The minimum atomic E-state index is -0.476. The van der Waals surface area contributed by atoms with Crippen LogP contribution in [0.4, 0.5) is 0 Å². The molecule has 0 aliphatic carbocycles. The van der Waals surface area contributed by atoms with Gasteiger partial charge in [0, 0.05) is 6.42 Å². The summed E-state index contributed by atoms with van der Waals surface area (Å²) in [6.45, 7) is 6.00. The van der Waals surface area contributed by atoms with Crippen LogP contribution in [0.5, 0.6) is 0 Å². The van der Waals surface area contributed by atoms with Crippen LogP contribution in [0.25, 0.3) is 0 Å². The third-order valence-electron chi connectivity index (χ3n) is 1.19. The summed E-state index contributed by atoms with van der Waals surface area (Å²) >= 11 is 0. The predicted molar refractivity (Wildman–Crippen MR) is 46.8 cm³/mol. The maximum atomic E-state index is 10.8. The molecular weight excluding hydrogens is 156 g/mol. The van der Waals surface area contributed by atoms with Crippen molar-refractivity contribution in [3.63, 3.8) is 0 Å². The number of carbonyl (C=O) groups is 1. The second kappa shape index (κ2) is 5.63. The molecule has 0 fully saturated rings. The Hall–Kier alpha value is -0.990. The van der Waals surface area contributed by atoms with Crippen molar-refractivity contribution in [2.45, 2.75) is 27.2 Å². The van der Waals surface area contributed by atoms with E-state index in [0.717, 1.165) is 6.08 Å². The van der Waals surface area contributed by atoms with Crippen LogP contribution in [0.15, 0.2) is 11.8 Å². The average Bonchev–Trinajstić information content (AvgIpc) is 1.84. The van der Waals surface area contributed by atoms with Crippen LogP contribution in [0.1, 0.15) is 27.2 Å². The fraction of sp³-hybridized carbons (Fsp3) is 0.667. The van der Waals surface area contributed by atoms with Crippen molar-refractivity contribution in [1.29, 1.82) is 0 Å². The van der Waals surface area contributed by atoms with Crippen molar-refractivity contribution in [2.24, 2.45) is 5.92 Å². The monoisotopic (exact) mass is 172 g/mol. The normalized spacial score (nSPS) is 11.8. The van der Waals surface area contributed by atoms with Crippen molar-refractivity contribution in [1.82, 2.24) is 0 Å². The Morgan fingerprint density at radius 2 is 2.17 bits per heavy atom. The topological polar surface area (TPSA) is 46.5 Å². The molecule has 70 valence electrons. The molecule has 0 aromatic rings. The van der Waals surface area contributed by atoms with Crippen molar-refractivity contribution < 1.29 is 14.6 Å². The summed E-state index contributed by atoms with van der Waals surface area (Å²) in [4.78, 5) is 10.8. The largest absolute Gasteiger partial charge is 0.512 e. The van der Waals surface area contributed by atoms with Crippen molar-refractivity contribution >= 4 is 5.97 Å². The van der Waals surface area contributed by atoms with Crippen molar-refractivity contribution in [3.05, 3.63) is 11.8 Å². The number of allylic oxidation sites excluding steroid dienone is 1. The summed E-state index contributed by atoms with van der Waals surface area (Å²) in [5.74, 6) is -0.0465. The van der Waals surface area contributed by atoms with E-state index in [1.54, 1.807) is 6.92 Å². The van der Waals surface area contributed by atoms with E-state index in [2.05, 4.69) is 4.74 Å². The van der Waals surface area contributed by atoms with Gasteiger partial charge in [0.1, 0.15) is 0 Å². The molecular formula is C9H16O3. The number of esters is 1. The van der Waals surface area contributed by atoms with Crippen LogP contribution in [0.3, 0.4) is 0 Å². The van der Waals surface area contributed by atoms with E-state index in [1.165, 1.54) is 0 Å². The first-order chi connectivity index (χ1) is 5.56. The predicted octanol–water partition coefficient (Wildman–Crippen LogP) is 2.04. The van der Waals surface area contributed by atoms with Crippen LogP contribution in [0, 0.1) is 5.92 Å². The first-order valence-electron chi connectivity index (χ1n) is 4.12. The van der Waals surface area contributed by atoms with Crippen LogP contribution in [0.2, 0.25) is 0 Å². The Balaban J connectivity index is 3.89. The van der Waals surface area contributed by atoms with Gasteiger partial charge < -0.3 is 9.84 Å². The standard InChI is InChI=1S/C9H16O3/c1-4-12-9(11)6-8(10)5-7(2)3/h6-7,10H,4-5H2,1-3H3/b8-6-. The molecule has 1 N–H and O–H groups in total. The Morgan fingerprint density at radius 3 is 2.58 bits per heavy atom. The molecule has 12 heavy (non-hydrogen) atoms. The van der Waals surface area contributed by atoms with E-state index in [9.17, 15) is 9.90 Å². The number of hydrogen-bond donors (Lipinski definition) is 1. The zero-order valence-corrected chi connectivity index (χ0v) is 7.83. The fourth-order valence-corrected chi connectivity index (χ4v) is 0.797. The number of aliphatic hydroxyl groups excluding tert-OH is 1. The fourth-order valence-electron chi connectivity index (χ4n) is 0.797. The lowest BCUT2D eigenvalue weighted by Gasteiger charge is -2.02. The summed E-state index contributed by atoms with van der Waals surface area (Å²) < 4.78 is 4.62. The lowest BCUT2D eigenvalue weighted by atomic mass is 10.1. The highest BCUT2D eigenvalue weighted by molar-refractivity contribution is 5.82. The third kappa shape index (κ3) is 5.77. The summed E-state index contributed by atoms with van der Waals surface area (Å²) in [7, 11) is 0. The Labute approximate surface area is 73.0 Å². The molecule has 0 saturated heterocycles. The molecule has 3 heteroatoms. The Morgan fingerprint density at radius 1 is 1.58 bits per heavy atom. The van der Waals surface area contributed by atoms with E-state index in [-0.39, 0.29) is 5.76 Å². The molecule has 0 unspecified atom stereocenters. The maximum Gasteiger partial charge on any atom is 0.334 e. The second-order valence-corrected chi connectivity index (χ2v) is 2.99. The number of carbonyl (C=O) groups excluding carboxylic acids is 1. The molecule has 0 amide bonds. The van der Waals surface area contributed by atoms with Crippen molar-refractivity contribution in [2.75, 3.05) is 6.61 Å². The van der Waals surface area contributed by atoms with Crippen LogP contribution in [-0.4, -0.2) is 17.7 Å². The molecule has 0 radical (unpaired) electrons. The number of aliphatic hydroxyl groups is 1. The van der Waals surface area contributed by atoms with Gasteiger partial charge in [-0.05, 0) is 12.8 Å². The Kier molecular flexibility index (Phi) is 5.17. The smallest absolute Gasteiger partial charge is 0.334 e. The molecule has 0 heterocycles. The van der Waals surface area contributed by atoms with E-state index >= 15 is 0 Å². The quantitative estimate of drug-likeness (QED) is 0.401. The van der Waals surface area contributed by atoms with Gasteiger partial charge in [0.15, 0.2) is 0 Å². The second-order valence-electron chi connectivity index (χ2n) is 2.99. The number of ether oxygens (including phenoxy) is 1. The lowest BCUT2D eigenvalue weighted by molar-refractivity contribution is -0.137. The molecule has 0 bridgehead atoms. The summed E-state index contributed by atoms with van der Waals surface area (Å²) in [6, 6.07) is 0. The molecule has 0 aromatic carbocycles. The van der Waals surface area contributed by atoms with E-state index < -0.39 is 5.97 Å². The highest BCUT2D eigenvalue weighted by atomic mass is 16.5. The molecule has 0 rings (SSSR count). The van der Waals surface area contributed by atoms with Gasteiger partial charge in [-0.3, -0.25) is 0 Å². The first-order valence-corrected chi connectivity index (χ1v) is 4.12. The molecule has 0 spiro atoms. The highest BCUT2D eigenvalue weighted by Crippen LogP contribution is 2.07. The van der Waals surface area contributed by atoms with Gasteiger partial charge in [-0.1, -0.05) is 13.8 Å². The summed E-state index contributed by atoms with van der Waals surface area (Å²) in [5.41, 5.74) is 0. The number of hydrogen-bond acceptors (Lipinski definition) is 3. The van der Waals surface area contributed by atoms with Gasteiger partial charge in [-0.2, -0.15) is 0 Å².